The normalized spacial score (nSPS) is 11.9. The van der Waals surface area contributed by atoms with Gasteiger partial charge in [-0.3, -0.25) is 4.79 Å². The van der Waals surface area contributed by atoms with Gasteiger partial charge in [0, 0.05) is 6.04 Å². The van der Waals surface area contributed by atoms with Gasteiger partial charge in [-0.05, 0) is 26.0 Å². The standard InChI is InChI=1S/C12H16Cl2N2O3S/c1-8(2)16(20(3,18)19)7-11(17)15-12-9(13)5-4-6-10(12)14/h4-6,8H,7H2,1-3H3,(H,15,17). The molecule has 1 aromatic carbocycles. The van der Waals surface area contributed by atoms with Crippen LogP contribution < -0.4 is 5.32 Å². The van der Waals surface area contributed by atoms with E-state index in [-0.39, 0.29) is 18.3 Å². The van der Waals surface area contributed by atoms with Crippen molar-refractivity contribution in [2.45, 2.75) is 19.9 Å². The van der Waals surface area contributed by atoms with Crippen LogP contribution in [-0.2, 0) is 14.8 Å². The van der Waals surface area contributed by atoms with Crippen molar-refractivity contribution in [1.82, 2.24) is 4.31 Å². The molecule has 0 fully saturated rings. The van der Waals surface area contributed by atoms with Crippen molar-refractivity contribution < 1.29 is 13.2 Å². The molecule has 1 aromatic rings. The summed E-state index contributed by atoms with van der Waals surface area (Å²) in [5.41, 5.74) is 0.276. The lowest BCUT2D eigenvalue weighted by molar-refractivity contribution is -0.116. The van der Waals surface area contributed by atoms with Crippen LogP contribution in [0.5, 0.6) is 0 Å². The number of rotatable bonds is 5. The van der Waals surface area contributed by atoms with E-state index in [2.05, 4.69) is 5.32 Å². The number of halogens is 2. The lowest BCUT2D eigenvalue weighted by atomic mass is 10.3. The van der Waals surface area contributed by atoms with E-state index in [1.165, 1.54) is 0 Å². The van der Waals surface area contributed by atoms with Crippen LogP contribution in [0.4, 0.5) is 5.69 Å². The average Bonchev–Trinajstić information content (AvgIpc) is 2.29. The van der Waals surface area contributed by atoms with E-state index in [9.17, 15) is 13.2 Å². The second-order valence-electron chi connectivity index (χ2n) is 4.55. The molecule has 0 atom stereocenters. The number of nitrogens with zero attached hydrogens (tertiary/aromatic N) is 1. The number of hydrogen-bond donors (Lipinski definition) is 1. The summed E-state index contributed by atoms with van der Waals surface area (Å²) in [5.74, 6) is -0.501. The summed E-state index contributed by atoms with van der Waals surface area (Å²) < 4.78 is 24.3. The SMILES string of the molecule is CC(C)N(CC(=O)Nc1c(Cl)cccc1Cl)S(C)(=O)=O. The zero-order chi connectivity index (χ0) is 15.5. The van der Waals surface area contributed by atoms with Crippen molar-refractivity contribution in [2.75, 3.05) is 18.1 Å². The molecule has 20 heavy (non-hydrogen) atoms. The van der Waals surface area contributed by atoms with Crippen molar-refractivity contribution in [3.8, 4) is 0 Å². The van der Waals surface area contributed by atoms with Crippen LogP contribution in [0.3, 0.4) is 0 Å². The topological polar surface area (TPSA) is 66.5 Å². The van der Waals surface area contributed by atoms with Gasteiger partial charge in [0.2, 0.25) is 15.9 Å². The molecule has 0 aliphatic rings. The summed E-state index contributed by atoms with van der Waals surface area (Å²) in [6.45, 7) is 3.09. The lowest BCUT2D eigenvalue weighted by Crippen LogP contribution is -2.41. The van der Waals surface area contributed by atoms with Crippen LogP contribution in [-0.4, -0.2) is 37.5 Å². The quantitative estimate of drug-likeness (QED) is 0.897. The minimum absolute atomic E-state index is 0.276. The summed E-state index contributed by atoms with van der Waals surface area (Å²) in [4.78, 5) is 11.9. The average molecular weight is 339 g/mol. The van der Waals surface area contributed by atoms with E-state index < -0.39 is 15.9 Å². The second-order valence-corrected chi connectivity index (χ2v) is 7.30. The van der Waals surface area contributed by atoms with E-state index in [1.807, 2.05) is 0 Å². The third-order valence-corrected chi connectivity index (χ3v) is 4.56. The van der Waals surface area contributed by atoms with E-state index in [4.69, 9.17) is 23.2 Å². The molecule has 0 aromatic heterocycles. The fourth-order valence-electron chi connectivity index (χ4n) is 1.62. The van der Waals surface area contributed by atoms with Gasteiger partial charge < -0.3 is 5.32 Å². The molecule has 0 radical (unpaired) electrons. The third-order valence-electron chi connectivity index (χ3n) is 2.53. The molecular weight excluding hydrogens is 323 g/mol. The maximum Gasteiger partial charge on any atom is 0.239 e. The van der Waals surface area contributed by atoms with Crippen LogP contribution in [0.1, 0.15) is 13.8 Å². The Morgan fingerprint density at radius 3 is 2.20 bits per heavy atom. The summed E-state index contributed by atoms with van der Waals surface area (Å²) in [6.07, 6.45) is 1.06. The minimum Gasteiger partial charge on any atom is -0.322 e. The van der Waals surface area contributed by atoms with Crippen LogP contribution in [0.15, 0.2) is 18.2 Å². The highest BCUT2D eigenvalue weighted by atomic mass is 35.5. The molecule has 0 unspecified atom stereocenters. The first-order valence-corrected chi connectivity index (χ1v) is 8.44. The first kappa shape index (κ1) is 17.2. The molecule has 0 spiro atoms. The smallest absolute Gasteiger partial charge is 0.239 e. The van der Waals surface area contributed by atoms with E-state index in [1.54, 1.807) is 32.0 Å². The molecule has 0 aliphatic heterocycles. The van der Waals surface area contributed by atoms with Crippen LogP contribution in [0, 0.1) is 0 Å². The Labute approximate surface area is 128 Å². The number of carbonyl (C=O) groups excluding carboxylic acids is 1. The molecule has 112 valence electrons. The maximum absolute atomic E-state index is 11.9. The Kier molecular flexibility index (Phi) is 5.82. The largest absolute Gasteiger partial charge is 0.322 e. The molecular formula is C12H16Cl2N2O3S. The van der Waals surface area contributed by atoms with Gasteiger partial charge in [-0.1, -0.05) is 29.3 Å². The molecule has 0 bridgehead atoms. The number of benzene rings is 1. The molecule has 1 amide bonds. The van der Waals surface area contributed by atoms with Gasteiger partial charge in [0.25, 0.3) is 0 Å². The van der Waals surface area contributed by atoms with Gasteiger partial charge in [0.15, 0.2) is 0 Å². The Balaban J connectivity index is 2.87. The Bertz CT molecular complexity index is 582. The molecule has 0 aliphatic carbocycles. The molecule has 5 nitrogen and oxygen atoms in total. The van der Waals surface area contributed by atoms with Gasteiger partial charge in [-0.15, -0.1) is 0 Å². The Hall–Kier alpha value is -0.820. The summed E-state index contributed by atoms with van der Waals surface area (Å²) in [5, 5.41) is 3.11. The van der Waals surface area contributed by atoms with Gasteiger partial charge >= 0.3 is 0 Å². The molecule has 1 N–H and O–H groups in total. The van der Waals surface area contributed by atoms with Gasteiger partial charge in [-0.25, -0.2) is 8.42 Å². The summed E-state index contributed by atoms with van der Waals surface area (Å²) in [7, 11) is -3.47. The fourth-order valence-corrected chi connectivity index (χ4v) is 3.23. The van der Waals surface area contributed by atoms with E-state index >= 15 is 0 Å². The van der Waals surface area contributed by atoms with Crippen molar-refractivity contribution in [3.63, 3.8) is 0 Å². The third kappa shape index (κ3) is 4.63. The van der Waals surface area contributed by atoms with Gasteiger partial charge in [0.1, 0.15) is 0 Å². The highest BCUT2D eigenvalue weighted by molar-refractivity contribution is 7.88. The summed E-state index contributed by atoms with van der Waals surface area (Å²) >= 11 is 11.9. The van der Waals surface area contributed by atoms with E-state index in [0.717, 1.165) is 10.6 Å². The zero-order valence-electron chi connectivity index (χ0n) is 11.4. The minimum atomic E-state index is -3.47. The van der Waals surface area contributed by atoms with Gasteiger partial charge in [-0.2, -0.15) is 4.31 Å². The number of carbonyl (C=O) groups is 1. The number of nitrogens with one attached hydrogen (secondary N) is 1. The first-order valence-electron chi connectivity index (χ1n) is 5.83. The van der Waals surface area contributed by atoms with Crippen LogP contribution in [0.25, 0.3) is 0 Å². The van der Waals surface area contributed by atoms with E-state index in [0.29, 0.717) is 10.0 Å². The van der Waals surface area contributed by atoms with Crippen molar-refractivity contribution in [1.29, 1.82) is 0 Å². The van der Waals surface area contributed by atoms with Crippen molar-refractivity contribution in [2.24, 2.45) is 0 Å². The van der Waals surface area contributed by atoms with Crippen molar-refractivity contribution in [3.05, 3.63) is 28.2 Å². The predicted molar refractivity (Wildman–Crippen MR) is 81.8 cm³/mol. The highest BCUT2D eigenvalue weighted by Gasteiger charge is 2.23. The lowest BCUT2D eigenvalue weighted by Gasteiger charge is -2.23. The zero-order valence-corrected chi connectivity index (χ0v) is 13.7. The fraction of sp³-hybridized carbons (Fsp3) is 0.417. The number of para-hydroxylation sites is 1. The molecule has 8 heteroatoms. The Morgan fingerprint density at radius 2 is 1.80 bits per heavy atom. The number of sulfonamides is 1. The van der Waals surface area contributed by atoms with Gasteiger partial charge in [0.05, 0.1) is 28.5 Å². The van der Waals surface area contributed by atoms with Crippen LogP contribution >= 0.6 is 23.2 Å². The first-order chi connectivity index (χ1) is 9.12. The number of amides is 1. The molecule has 0 heterocycles. The molecule has 0 saturated heterocycles. The number of hydrogen-bond acceptors (Lipinski definition) is 3. The monoisotopic (exact) mass is 338 g/mol. The highest BCUT2D eigenvalue weighted by Crippen LogP contribution is 2.29. The van der Waals surface area contributed by atoms with Crippen LogP contribution in [0.2, 0.25) is 10.0 Å². The summed E-state index contributed by atoms with van der Waals surface area (Å²) in [6, 6.07) is 4.49. The predicted octanol–water partition coefficient (Wildman–Crippen LogP) is 2.60. The second kappa shape index (κ2) is 6.76. The number of anilines is 1. The van der Waals surface area contributed by atoms with Crippen molar-refractivity contribution >= 4 is 44.8 Å². The molecule has 0 saturated carbocycles. The molecule has 1 rings (SSSR count). The Morgan fingerprint density at radius 1 is 1.30 bits per heavy atom. The maximum atomic E-state index is 11.9.